The van der Waals surface area contributed by atoms with E-state index in [-0.39, 0.29) is 11.0 Å². The predicted octanol–water partition coefficient (Wildman–Crippen LogP) is 2.23. The molecule has 0 atom stereocenters. The smallest absolute Gasteiger partial charge is 0.261 e. The number of H-pyrrole nitrogens is 1. The van der Waals surface area contributed by atoms with Crippen LogP contribution in [0.15, 0.2) is 47.5 Å². The third-order valence-electron chi connectivity index (χ3n) is 3.67. The monoisotopic (exact) mass is 283 g/mol. The highest BCUT2D eigenvalue weighted by molar-refractivity contribution is 6.04. The maximum atomic E-state index is 12.0. The molecule has 1 aliphatic heterocycles. The molecular weight excluding hydrogens is 266 g/mol. The molecule has 0 bridgehead atoms. The average Bonchev–Trinajstić information content (AvgIpc) is 3.02. The first kappa shape index (κ1) is 13.4. The van der Waals surface area contributed by atoms with Crippen LogP contribution in [0.25, 0.3) is 0 Å². The second-order valence-corrected chi connectivity index (χ2v) is 5.12. The molecule has 5 nitrogen and oxygen atoms in total. The fourth-order valence-corrected chi connectivity index (χ4v) is 2.52. The van der Waals surface area contributed by atoms with Crippen molar-refractivity contribution in [3.63, 3.8) is 0 Å². The van der Waals surface area contributed by atoms with Gasteiger partial charge in [0.15, 0.2) is 5.43 Å². The Morgan fingerprint density at radius 1 is 1.10 bits per heavy atom. The highest BCUT2D eigenvalue weighted by Crippen LogP contribution is 2.22. The van der Waals surface area contributed by atoms with Gasteiger partial charge in [0.2, 0.25) is 0 Å². The van der Waals surface area contributed by atoms with Crippen molar-refractivity contribution in [2.45, 2.75) is 12.8 Å². The predicted molar refractivity (Wildman–Crippen MR) is 82.9 cm³/mol. The third-order valence-corrected chi connectivity index (χ3v) is 3.67. The molecule has 2 heterocycles. The number of nitrogens with zero attached hydrogens (tertiary/aromatic N) is 1. The summed E-state index contributed by atoms with van der Waals surface area (Å²) in [5.41, 5.74) is 1.68. The van der Waals surface area contributed by atoms with Crippen LogP contribution in [0.3, 0.4) is 0 Å². The quantitative estimate of drug-likeness (QED) is 0.908. The Morgan fingerprint density at radius 3 is 2.48 bits per heavy atom. The standard InChI is InChI=1S/C16H17N3O2/c20-15-7-8-17-11-14(15)16(21)18-12-3-5-13(6-4-12)19-9-1-2-10-19/h3-8,11H,1-2,9-10H2,(H,17,20)(H,18,21). The fraction of sp³-hybridized carbons (Fsp3) is 0.250. The Morgan fingerprint density at radius 2 is 1.81 bits per heavy atom. The SMILES string of the molecule is O=C(Nc1ccc(N2CCCC2)cc1)c1c[nH]ccc1=O. The largest absolute Gasteiger partial charge is 0.372 e. The number of pyridine rings is 1. The summed E-state index contributed by atoms with van der Waals surface area (Å²) < 4.78 is 0. The molecule has 0 spiro atoms. The molecule has 2 aromatic rings. The van der Waals surface area contributed by atoms with Gasteiger partial charge in [0.25, 0.3) is 5.91 Å². The number of amides is 1. The molecule has 1 saturated heterocycles. The van der Waals surface area contributed by atoms with Gasteiger partial charge in [-0.15, -0.1) is 0 Å². The maximum absolute atomic E-state index is 12.0. The first-order valence-electron chi connectivity index (χ1n) is 7.07. The van der Waals surface area contributed by atoms with Gasteiger partial charge in [0.1, 0.15) is 5.56 Å². The number of nitrogens with one attached hydrogen (secondary N) is 2. The summed E-state index contributed by atoms with van der Waals surface area (Å²) in [5.74, 6) is -0.397. The lowest BCUT2D eigenvalue weighted by Crippen LogP contribution is -2.21. The van der Waals surface area contributed by atoms with Crippen LogP contribution in [0.4, 0.5) is 11.4 Å². The van der Waals surface area contributed by atoms with Crippen LogP contribution >= 0.6 is 0 Å². The summed E-state index contributed by atoms with van der Waals surface area (Å²) in [7, 11) is 0. The molecule has 1 aliphatic rings. The van der Waals surface area contributed by atoms with Crippen molar-refractivity contribution < 1.29 is 4.79 Å². The zero-order valence-electron chi connectivity index (χ0n) is 11.6. The summed E-state index contributed by atoms with van der Waals surface area (Å²) in [6, 6.07) is 9.06. The first-order chi connectivity index (χ1) is 10.2. The van der Waals surface area contributed by atoms with E-state index in [1.807, 2.05) is 24.3 Å². The van der Waals surface area contributed by atoms with E-state index in [4.69, 9.17) is 0 Å². The maximum Gasteiger partial charge on any atom is 0.261 e. The topological polar surface area (TPSA) is 65.2 Å². The van der Waals surface area contributed by atoms with Crippen LogP contribution in [0.5, 0.6) is 0 Å². The van der Waals surface area contributed by atoms with Gasteiger partial charge < -0.3 is 15.2 Å². The first-order valence-corrected chi connectivity index (χ1v) is 7.07. The lowest BCUT2D eigenvalue weighted by atomic mass is 10.2. The second kappa shape index (κ2) is 5.83. The summed E-state index contributed by atoms with van der Waals surface area (Å²) >= 11 is 0. The number of carbonyl (C=O) groups is 1. The summed E-state index contributed by atoms with van der Waals surface area (Å²) in [4.78, 5) is 28.7. The minimum Gasteiger partial charge on any atom is -0.372 e. The molecule has 0 radical (unpaired) electrons. The summed E-state index contributed by atoms with van der Waals surface area (Å²) in [6.07, 6.45) is 5.38. The van der Waals surface area contributed by atoms with E-state index in [0.717, 1.165) is 13.1 Å². The van der Waals surface area contributed by atoms with Crippen LogP contribution < -0.4 is 15.6 Å². The van der Waals surface area contributed by atoms with Crippen molar-refractivity contribution in [3.8, 4) is 0 Å². The molecule has 1 aromatic heterocycles. The molecule has 0 aliphatic carbocycles. The Labute approximate surface area is 122 Å². The number of aromatic amines is 1. The Hall–Kier alpha value is -2.56. The van der Waals surface area contributed by atoms with Crippen LogP contribution in [0.1, 0.15) is 23.2 Å². The van der Waals surface area contributed by atoms with E-state index in [2.05, 4.69) is 15.2 Å². The van der Waals surface area contributed by atoms with Gasteiger partial charge in [-0.25, -0.2) is 0 Å². The Balaban J connectivity index is 1.72. The number of hydrogen-bond donors (Lipinski definition) is 2. The number of rotatable bonds is 3. The Bertz CT molecular complexity index is 685. The molecule has 5 heteroatoms. The molecule has 108 valence electrons. The van der Waals surface area contributed by atoms with Gasteiger partial charge in [-0.1, -0.05) is 0 Å². The van der Waals surface area contributed by atoms with Gasteiger partial charge in [0.05, 0.1) is 0 Å². The van der Waals surface area contributed by atoms with Crippen LogP contribution in [-0.2, 0) is 0 Å². The van der Waals surface area contributed by atoms with Crippen LogP contribution in [0.2, 0.25) is 0 Å². The molecule has 3 rings (SSSR count). The van der Waals surface area contributed by atoms with Crippen molar-refractivity contribution in [1.29, 1.82) is 0 Å². The van der Waals surface area contributed by atoms with E-state index in [1.54, 1.807) is 0 Å². The van der Waals surface area contributed by atoms with Gasteiger partial charge in [-0.2, -0.15) is 0 Å². The van der Waals surface area contributed by atoms with Gasteiger partial charge in [-0.3, -0.25) is 9.59 Å². The molecular formula is C16H17N3O2. The van der Waals surface area contributed by atoms with Crippen molar-refractivity contribution in [2.24, 2.45) is 0 Å². The number of carbonyl (C=O) groups excluding carboxylic acids is 1. The van der Waals surface area contributed by atoms with Crippen LogP contribution in [-0.4, -0.2) is 24.0 Å². The number of aromatic nitrogens is 1. The molecule has 0 unspecified atom stereocenters. The molecule has 0 saturated carbocycles. The van der Waals surface area contributed by atoms with Gasteiger partial charge in [-0.05, 0) is 37.1 Å². The van der Waals surface area contributed by atoms with E-state index in [1.165, 1.54) is 37.0 Å². The van der Waals surface area contributed by atoms with Gasteiger partial charge >= 0.3 is 0 Å². The van der Waals surface area contributed by atoms with E-state index < -0.39 is 5.91 Å². The van der Waals surface area contributed by atoms with E-state index >= 15 is 0 Å². The normalized spacial score (nSPS) is 14.2. The van der Waals surface area contributed by atoms with Crippen molar-refractivity contribution in [3.05, 3.63) is 58.5 Å². The van der Waals surface area contributed by atoms with Crippen molar-refractivity contribution >= 4 is 17.3 Å². The number of hydrogen-bond acceptors (Lipinski definition) is 3. The van der Waals surface area contributed by atoms with E-state index in [0.29, 0.717) is 5.69 Å². The second-order valence-electron chi connectivity index (χ2n) is 5.12. The molecule has 1 amide bonds. The summed E-state index contributed by atoms with van der Waals surface area (Å²) in [5, 5.41) is 2.74. The minimum atomic E-state index is -0.397. The van der Waals surface area contributed by atoms with Crippen molar-refractivity contribution in [2.75, 3.05) is 23.3 Å². The Kier molecular flexibility index (Phi) is 3.73. The fourth-order valence-electron chi connectivity index (χ4n) is 2.52. The zero-order valence-corrected chi connectivity index (χ0v) is 11.6. The third kappa shape index (κ3) is 2.97. The number of benzene rings is 1. The number of anilines is 2. The average molecular weight is 283 g/mol. The molecule has 1 fully saturated rings. The molecule has 1 aromatic carbocycles. The van der Waals surface area contributed by atoms with E-state index in [9.17, 15) is 9.59 Å². The highest BCUT2D eigenvalue weighted by Gasteiger charge is 2.13. The minimum absolute atomic E-state index is 0.112. The lowest BCUT2D eigenvalue weighted by molar-refractivity contribution is 0.102. The molecule has 21 heavy (non-hydrogen) atoms. The van der Waals surface area contributed by atoms with Crippen LogP contribution in [0, 0.1) is 0 Å². The molecule has 2 N–H and O–H groups in total. The van der Waals surface area contributed by atoms with Gasteiger partial charge in [0, 0.05) is 42.9 Å². The lowest BCUT2D eigenvalue weighted by Gasteiger charge is -2.17. The zero-order chi connectivity index (χ0) is 14.7. The highest BCUT2D eigenvalue weighted by atomic mass is 16.2. The van der Waals surface area contributed by atoms with Crippen molar-refractivity contribution in [1.82, 2.24) is 4.98 Å². The summed E-state index contributed by atoms with van der Waals surface area (Å²) in [6.45, 7) is 2.18.